The summed E-state index contributed by atoms with van der Waals surface area (Å²) >= 11 is 0. The highest BCUT2D eigenvalue weighted by atomic mass is 31.0. The molecule has 2 saturated carbocycles. The fourth-order valence-corrected chi connectivity index (χ4v) is 7.00. The van der Waals surface area contributed by atoms with Gasteiger partial charge in [0.2, 0.25) is 0 Å². The molecule has 4 aliphatic rings. The van der Waals surface area contributed by atoms with Crippen molar-refractivity contribution >= 4 is 9.24 Å². The zero-order chi connectivity index (χ0) is 17.2. The summed E-state index contributed by atoms with van der Waals surface area (Å²) in [5.41, 5.74) is 3.55. The molecule has 140 valence electrons. The Kier molecular flexibility index (Phi) is 6.06. The summed E-state index contributed by atoms with van der Waals surface area (Å²) in [6, 6.07) is 0. The average molecular weight is 359 g/mol. The molecule has 2 atom stereocenters. The molecule has 2 fully saturated rings. The third kappa shape index (κ3) is 4.26. The van der Waals surface area contributed by atoms with Gasteiger partial charge in [-0.25, -0.2) is 0 Å². The topological polar surface area (TPSA) is 0 Å². The molecule has 0 heterocycles. The minimum atomic E-state index is 1.02. The molecule has 0 amide bonds. The molecule has 0 spiro atoms. The molecule has 0 aromatic rings. The van der Waals surface area contributed by atoms with E-state index in [9.17, 15) is 0 Å². The van der Waals surface area contributed by atoms with E-state index in [1.807, 2.05) is 5.57 Å². The Balaban J connectivity index is 1.27. The van der Waals surface area contributed by atoms with E-state index in [1.165, 1.54) is 56.7 Å². The van der Waals surface area contributed by atoms with Crippen LogP contribution in [0.2, 0.25) is 0 Å². The smallest absolute Gasteiger partial charge is 0.0242 e. The van der Waals surface area contributed by atoms with Gasteiger partial charge in [0.1, 0.15) is 0 Å². The largest absolute Gasteiger partial charge is 0.110 e. The molecule has 0 nitrogen and oxygen atoms in total. The van der Waals surface area contributed by atoms with Crippen LogP contribution >= 0.6 is 9.24 Å². The summed E-state index contributed by atoms with van der Waals surface area (Å²) in [4.78, 5) is 0. The molecule has 0 aromatic heterocycles. The normalized spacial score (nSPS) is 39.8. The SMILES string of the molecule is CCC1CCC(C2CCC(C3CCC4=C(CCC(P)=C4)C3)CC2)CC1. The van der Waals surface area contributed by atoms with Crippen LogP contribution < -0.4 is 0 Å². The van der Waals surface area contributed by atoms with Gasteiger partial charge in [0.15, 0.2) is 0 Å². The van der Waals surface area contributed by atoms with Crippen molar-refractivity contribution in [3.8, 4) is 0 Å². The van der Waals surface area contributed by atoms with Gasteiger partial charge < -0.3 is 0 Å². The van der Waals surface area contributed by atoms with Crippen LogP contribution in [0.15, 0.2) is 22.5 Å². The maximum atomic E-state index is 2.95. The molecule has 0 bridgehead atoms. The fraction of sp³-hybridized carbons (Fsp3) is 0.833. The van der Waals surface area contributed by atoms with Crippen molar-refractivity contribution in [2.24, 2.45) is 29.6 Å². The average Bonchev–Trinajstić information content (AvgIpc) is 2.68. The Morgan fingerprint density at radius 1 is 0.760 bits per heavy atom. The minimum Gasteiger partial charge on any atom is -0.110 e. The molecule has 0 aromatic carbocycles. The van der Waals surface area contributed by atoms with E-state index in [4.69, 9.17) is 0 Å². The molecular weight excluding hydrogens is 319 g/mol. The summed E-state index contributed by atoms with van der Waals surface area (Å²) in [7, 11) is 2.95. The Labute approximate surface area is 158 Å². The number of hydrogen-bond donors (Lipinski definition) is 0. The summed E-state index contributed by atoms with van der Waals surface area (Å²) < 4.78 is 0. The van der Waals surface area contributed by atoms with Crippen molar-refractivity contribution in [2.75, 3.05) is 0 Å². The molecule has 0 radical (unpaired) electrons. The van der Waals surface area contributed by atoms with Gasteiger partial charge in [0, 0.05) is 0 Å². The highest BCUT2D eigenvalue weighted by molar-refractivity contribution is 7.22. The Hall–Kier alpha value is -0.0900. The van der Waals surface area contributed by atoms with E-state index in [2.05, 4.69) is 22.2 Å². The second-order valence-corrected chi connectivity index (χ2v) is 10.5. The first kappa shape index (κ1) is 18.3. The van der Waals surface area contributed by atoms with Crippen LogP contribution in [-0.4, -0.2) is 0 Å². The Morgan fingerprint density at radius 2 is 1.36 bits per heavy atom. The van der Waals surface area contributed by atoms with Gasteiger partial charge >= 0.3 is 0 Å². The first-order valence-corrected chi connectivity index (χ1v) is 12.0. The van der Waals surface area contributed by atoms with Gasteiger partial charge in [-0.2, -0.15) is 0 Å². The zero-order valence-electron chi connectivity index (χ0n) is 16.4. The molecule has 2 unspecified atom stereocenters. The van der Waals surface area contributed by atoms with E-state index in [0.717, 1.165) is 29.6 Å². The monoisotopic (exact) mass is 358 g/mol. The summed E-state index contributed by atoms with van der Waals surface area (Å²) in [6.45, 7) is 2.39. The van der Waals surface area contributed by atoms with Gasteiger partial charge in [0.25, 0.3) is 0 Å². The maximum Gasteiger partial charge on any atom is -0.0242 e. The van der Waals surface area contributed by atoms with Crippen molar-refractivity contribution in [1.82, 2.24) is 0 Å². The third-order valence-electron chi connectivity index (χ3n) is 8.44. The Morgan fingerprint density at radius 3 is 2.00 bits per heavy atom. The lowest BCUT2D eigenvalue weighted by molar-refractivity contribution is 0.120. The van der Waals surface area contributed by atoms with Gasteiger partial charge in [-0.1, -0.05) is 43.1 Å². The van der Waals surface area contributed by atoms with Crippen molar-refractivity contribution in [2.45, 2.75) is 96.8 Å². The van der Waals surface area contributed by atoms with E-state index >= 15 is 0 Å². The summed E-state index contributed by atoms with van der Waals surface area (Å²) in [6.07, 6.45) is 23.3. The van der Waals surface area contributed by atoms with E-state index in [0.29, 0.717) is 0 Å². The second kappa shape index (κ2) is 8.29. The predicted molar refractivity (Wildman–Crippen MR) is 113 cm³/mol. The first-order valence-electron chi connectivity index (χ1n) is 11.4. The van der Waals surface area contributed by atoms with Crippen LogP contribution in [0.5, 0.6) is 0 Å². The Bertz CT molecular complexity index is 512. The van der Waals surface area contributed by atoms with Crippen LogP contribution in [0.1, 0.15) is 96.8 Å². The molecular formula is C24H39P. The molecule has 0 N–H and O–H groups in total. The standard InChI is InChI=1S/C24H39P/c1-2-17-3-5-18(6-4-17)19-7-9-20(10-8-19)21-11-12-23-16-24(25)14-13-22(23)15-21/h16-21H,2-15,25H2,1H3. The van der Waals surface area contributed by atoms with Gasteiger partial charge in [-0.05, 0) is 106 Å². The lowest BCUT2D eigenvalue weighted by Gasteiger charge is -2.41. The van der Waals surface area contributed by atoms with Gasteiger partial charge in [-0.15, -0.1) is 9.24 Å². The molecule has 0 saturated heterocycles. The van der Waals surface area contributed by atoms with Crippen LogP contribution in [0.3, 0.4) is 0 Å². The molecule has 4 aliphatic carbocycles. The number of allylic oxidation sites excluding steroid dienone is 4. The second-order valence-electron chi connectivity index (χ2n) is 9.71. The molecule has 0 aliphatic heterocycles. The van der Waals surface area contributed by atoms with Crippen LogP contribution in [0, 0.1) is 29.6 Å². The summed E-state index contributed by atoms with van der Waals surface area (Å²) in [5, 5.41) is 1.54. The van der Waals surface area contributed by atoms with Crippen LogP contribution in [0.4, 0.5) is 0 Å². The predicted octanol–water partition coefficient (Wildman–Crippen LogP) is 7.66. The van der Waals surface area contributed by atoms with Crippen molar-refractivity contribution in [3.63, 3.8) is 0 Å². The molecule has 1 heteroatoms. The summed E-state index contributed by atoms with van der Waals surface area (Å²) in [5.74, 6) is 5.32. The minimum absolute atomic E-state index is 1.02. The first-order chi connectivity index (χ1) is 12.2. The maximum absolute atomic E-state index is 2.95. The molecule has 4 rings (SSSR count). The highest BCUT2D eigenvalue weighted by Gasteiger charge is 2.34. The van der Waals surface area contributed by atoms with Crippen molar-refractivity contribution in [3.05, 3.63) is 22.5 Å². The van der Waals surface area contributed by atoms with E-state index in [-0.39, 0.29) is 0 Å². The molecule has 25 heavy (non-hydrogen) atoms. The van der Waals surface area contributed by atoms with Gasteiger partial charge in [-0.3, -0.25) is 0 Å². The van der Waals surface area contributed by atoms with Crippen molar-refractivity contribution < 1.29 is 0 Å². The number of rotatable bonds is 3. The fourth-order valence-electron chi connectivity index (χ4n) is 6.65. The third-order valence-corrected chi connectivity index (χ3v) is 8.90. The van der Waals surface area contributed by atoms with E-state index < -0.39 is 0 Å². The van der Waals surface area contributed by atoms with Crippen LogP contribution in [0.25, 0.3) is 0 Å². The van der Waals surface area contributed by atoms with Gasteiger partial charge in [0.05, 0.1) is 0 Å². The van der Waals surface area contributed by atoms with Crippen molar-refractivity contribution in [1.29, 1.82) is 0 Å². The van der Waals surface area contributed by atoms with Crippen LogP contribution in [-0.2, 0) is 0 Å². The zero-order valence-corrected chi connectivity index (χ0v) is 17.6. The number of hydrogen-bond acceptors (Lipinski definition) is 0. The lowest BCUT2D eigenvalue weighted by Crippen LogP contribution is -2.29. The lowest BCUT2D eigenvalue weighted by atomic mass is 9.65. The highest BCUT2D eigenvalue weighted by Crippen LogP contribution is 2.47. The quantitative estimate of drug-likeness (QED) is 0.454. The van der Waals surface area contributed by atoms with E-state index in [1.54, 1.807) is 44.1 Å².